The molecule has 0 fully saturated rings. The third kappa shape index (κ3) is 66.9. The molecule has 1 N–H and O–H groups in total. The molecule has 0 saturated carbocycles. The second-order valence-corrected chi connectivity index (χ2v) is 26.8. The average Bonchev–Trinajstić information content (AvgIpc) is 3.70. The van der Waals surface area contributed by atoms with Crippen LogP contribution < -0.4 is 10.2 Å². The molecule has 502 valence electrons. The predicted octanol–water partition coefficient (Wildman–Crippen LogP) is 22.6. The lowest BCUT2D eigenvalue weighted by molar-refractivity contribution is -0.870. The fraction of sp³-hybridized carbons (Fsp3) is 0.740. The smallest absolute Gasteiger partial charge is 0.306 e. The van der Waals surface area contributed by atoms with E-state index in [9.17, 15) is 19.0 Å². The molecule has 87 heavy (non-hydrogen) atoms. The highest BCUT2D eigenvalue weighted by molar-refractivity contribution is 7.45. The number of nitrogens with zero attached hydrogens (tertiary/aromatic N) is 1. The van der Waals surface area contributed by atoms with Crippen molar-refractivity contribution in [1.82, 2.24) is 5.32 Å². The quantitative estimate of drug-likeness (QED) is 0.0212. The van der Waals surface area contributed by atoms with Gasteiger partial charge >= 0.3 is 5.97 Å². The molecule has 0 heterocycles. The maximum Gasteiger partial charge on any atom is 0.306 e. The molecule has 0 bridgehead atoms. The van der Waals surface area contributed by atoms with Crippen molar-refractivity contribution in [3.05, 3.63) is 109 Å². The average molecular weight is 1230 g/mol. The van der Waals surface area contributed by atoms with E-state index < -0.39 is 26.6 Å². The van der Waals surface area contributed by atoms with Crippen molar-refractivity contribution in [2.24, 2.45) is 0 Å². The van der Waals surface area contributed by atoms with E-state index in [1.54, 1.807) is 0 Å². The molecule has 9 nitrogen and oxygen atoms in total. The van der Waals surface area contributed by atoms with Crippen LogP contribution in [0.5, 0.6) is 0 Å². The summed E-state index contributed by atoms with van der Waals surface area (Å²) in [6.07, 6.45) is 90.7. The molecule has 0 aromatic heterocycles. The zero-order valence-electron chi connectivity index (χ0n) is 57.4. The molecule has 0 aliphatic carbocycles. The molecule has 0 aromatic carbocycles. The summed E-state index contributed by atoms with van der Waals surface area (Å²) in [4.78, 5) is 40.2. The summed E-state index contributed by atoms with van der Waals surface area (Å²) in [5.74, 6) is -0.547. The van der Waals surface area contributed by atoms with Crippen molar-refractivity contribution >= 4 is 19.7 Å². The lowest BCUT2D eigenvalue weighted by Crippen LogP contribution is -2.47. The van der Waals surface area contributed by atoms with Gasteiger partial charge in [0.05, 0.1) is 33.8 Å². The number of rotatable bonds is 65. The minimum absolute atomic E-state index is 0.0276. The molecular weight excluding hydrogens is 1100 g/mol. The number of hydrogen-bond donors (Lipinski definition) is 1. The van der Waals surface area contributed by atoms with Gasteiger partial charge in [-0.1, -0.05) is 297 Å². The molecule has 0 aliphatic heterocycles. The van der Waals surface area contributed by atoms with Gasteiger partial charge in [-0.3, -0.25) is 14.2 Å². The molecular formula is C77H137N2O7P. The lowest BCUT2D eigenvalue weighted by atomic mass is 10.0. The molecule has 3 unspecified atom stereocenters. The Kier molecular flexibility index (Phi) is 63.1. The van der Waals surface area contributed by atoms with Crippen LogP contribution in [0.3, 0.4) is 0 Å². The number of unbranched alkanes of at least 4 members (excludes halogenated alkanes) is 33. The molecule has 0 spiro atoms. The molecule has 10 heteroatoms. The Balaban J connectivity index is 5.01. The number of phosphoric acid groups is 1. The van der Waals surface area contributed by atoms with E-state index in [0.717, 1.165) is 128 Å². The highest BCUT2D eigenvalue weighted by Gasteiger charge is 2.27. The van der Waals surface area contributed by atoms with Crippen molar-refractivity contribution in [2.75, 3.05) is 40.9 Å². The predicted molar refractivity (Wildman–Crippen MR) is 376 cm³/mol. The first kappa shape index (κ1) is 83.7. The lowest BCUT2D eigenvalue weighted by Gasteiger charge is -2.30. The van der Waals surface area contributed by atoms with E-state index >= 15 is 0 Å². The molecule has 1 amide bonds. The largest absolute Gasteiger partial charge is 0.756 e. The Morgan fingerprint density at radius 1 is 0.414 bits per heavy atom. The standard InChI is InChI=1S/C77H137N2O7P/c1-7-10-13-16-19-22-25-27-29-31-33-35-37-38-39-40-42-44-46-48-50-52-55-58-61-64-67-70-77(81)86-75(68-65-62-59-56-53-24-21-18-15-12-9-3)74(73-85-87(82,83)84-72-71-79(4,5)6)78-76(80)69-66-63-60-57-54-51-49-47-45-43-41-36-34-32-30-28-26-23-20-17-14-11-8-2/h10,13,19-20,22-23,27-30,33-36,38-39,65,68,74-75H,7-9,11-12,14-18,21,24-26,31-32,37,40-64,66-67,69-73H2,1-6H3,(H-,78,80,82,83)/b13-10-,22-19-,23-20-,29-27-,30-28-,35-33-,36-34-,39-38-,68-65+. The van der Waals surface area contributed by atoms with Crippen molar-refractivity contribution in [2.45, 2.75) is 328 Å². The number of phosphoric ester groups is 1. The maximum absolute atomic E-state index is 13.6. The SMILES string of the molecule is CC/C=C\C/C=C\C/C=C\C/C=C\C/C=C\CCCCCCCCCCCCCC(=O)OC(/C=C/CCCCCCCCCCC)C(COP(=O)([O-])OCC[N+](C)(C)C)NC(=O)CCCCCCCCCCCC/C=C\C/C=C\C/C=C\CCCCC. The Labute approximate surface area is 538 Å². The summed E-state index contributed by atoms with van der Waals surface area (Å²) in [6.45, 7) is 6.71. The highest BCUT2D eigenvalue weighted by Crippen LogP contribution is 2.38. The van der Waals surface area contributed by atoms with Gasteiger partial charge in [-0.2, -0.15) is 0 Å². The number of amides is 1. The highest BCUT2D eigenvalue weighted by atomic mass is 31.2. The number of hydrogen-bond acceptors (Lipinski definition) is 7. The summed E-state index contributed by atoms with van der Waals surface area (Å²) >= 11 is 0. The van der Waals surface area contributed by atoms with Gasteiger partial charge in [-0.25, -0.2) is 0 Å². The van der Waals surface area contributed by atoms with E-state index in [-0.39, 0.29) is 24.9 Å². The van der Waals surface area contributed by atoms with Gasteiger partial charge in [-0.05, 0) is 115 Å². The summed E-state index contributed by atoms with van der Waals surface area (Å²) in [5.41, 5.74) is 0. The second-order valence-electron chi connectivity index (χ2n) is 25.4. The Morgan fingerprint density at radius 3 is 1.13 bits per heavy atom. The summed E-state index contributed by atoms with van der Waals surface area (Å²) in [7, 11) is 1.17. The molecule has 0 radical (unpaired) electrons. The van der Waals surface area contributed by atoms with Crippen LogP contribution in [0, 0.1) is 0 Å². The van der Waals surface area contributed by atoms with Gasteiger partial charge in [0.15, 0.2) is 0 Å². The minimum atomic E-state index is -4.71. The number of esters is 1. The summed E-state index contributed by atoms with van der Waals surface area (Å²) < 4.78 is 30.4. The first-order chi connectivity index (χ1) is 42.4. The Bertz CT molecular complexity index is 1860. The van der Waals surface area contributed by atoms with Crippen LogP contribution in [0.15, 0.2) is 109 Å². The molecule has 3 atom stereocenters. The van der Waals surface area contributed by atoms with Crippen LogP contribution in [0.25, 0.3) is 0 Å². The van der Waals surface area contributed by atoms with E-state index in [1.807, 2.05) is 33.3 Å². The summed E-state index contributed by atoms with van der Waals surface area (Å²) in [6, 6.07) is -0.899. The fourth-order valence-electron chi connectivity index (χ4n) is 10.1. The number of ether oxygens (including phenoxy) is 1. The maximum atomic E-state index is 13.6. The zero-order chi connectivity index (χ0) is 63.5. The molecule has 0 rings (SSSR count). The Morgan fingerprint density at radius 2 is 0.736 bits per heavy atom. The van der Waals surface area contributed by atoms with Gasteiger partial charge in [0.25, 0.3) is 7.82 Å². The number of likely N-dealkylation sites (N-methyl/N-ethyl adjacent to an activating group) is 1. The third-order valence-corrected chi connectivity index (χ3v) is 16.7. The van der Waals surface area contributed by atoms with Crippen LogP contribution in [0.4, 0.5) is 0 Å². The molecule has 0 saturated heterocycles. The van der Waals surface area contributed by atoms with Crippen molar-refractivity contribution in [3.8, 4) is 0 Å². The van der Waals surface area contributed by atoms with Crippen LogP contribution in [-0.4, -0.2) is 69.4 Å². The van der Waals surface area contributed by atoms with Crippen LogP contribution in [-0.2, 0) is 27.9 Å². The number of allylic oxidation sites excluding steroid dienone is 17. The Hall–Kier alpha value is -3.33. The van der Waals surface area contributed by atoms with E-state index in [2.05, 4.69) is 123 Å². The van der Waals surface area contributed by atoms with Gasteiger partial charge in [-0.15, -0.1) is 0 Å². The van der Waals surface area contributed by atoms with Crippen molar-refractivity contribution < 1.29 is 37.3 Å². The zero-order valence-corrected chi connectivity index (χ0v) is 58.3. The van der Waals surface area contributed by atoms with Gasteiger partial charge in [0, 0.05) is 12.8 Å². The van der Waals surface area contributed by atoms with E-state index in [1.165, 1.54) is 154 Å². The van der Waals surface area contributed by atoms with Crippen LogP contribution in [0.2, 0.25) is 0 Å². The van der Waals surface area contributed by atoms with E-state index in [0.29, 0.717) is 17.4 Å². The van der Waals surface area contributed by atoms with Crippen molar-refractivity contribution in [3.63, 3.8) is 0 Å². The normalized spacial score (nSPS) is 14.1. The number of carbonyl (C=O) groups is 2. The summed E-state index contributed by atoms with van der Waals surface area (Å²) in [5, 5.41) is 3.04. The first-order valence-corrected chi connectivity index (χ1v) is 37.7. The minimum Gasteiger partial charge on any atom is -0.756 e. The first-order valence-electron chi connectivity index (χ1n) is 36.2. The van der Waals surface area contributed by atoms with Gasteiger partial charge < -0.3 is 28.5 Å². The van der Waals surface area contributed by atoms with Gasteiger partial charge in [0.2, 0.25) is 5.91 Å². The fourth-order valence-corrected chi connectivity index (χ4v) is 10.9. The van der Waals surface area contributed by atoms with Crippen molar-refractivity contribution in [1.29, 1.82) is 0 Å². The van der Waals surface area contributed by atoms with Crippen LogP contribution in [0.1, 0.15) is 316 Å². The second kappa shape index (κ2) is 65.6. The molecule has 0 aromatic rings. The van der Waals surface area contributed by atoms with Crippen LogP contribution >= 0.6 is 7.82 Å². The number of nitrogens with one attached hydrogen (secondary N) is 1. The topological polar surface area (TPSA) is 114 Å². The molecule has 0 aliphatic rings. The number of quaternary nitrogens is 1. The monoisotopic (exact) mass is 1230 g/mol. The number of carbonyl (C=O) groups excluding carboxylic acids is 2. The third-order valence-electron chi connectivity index (χ3n) is 15.7. The van der Waals surface area contributed by atoms with E-state index in [4.69, 9.17) is 13.8 Å². The van der Waals surface area contributed by atoms with Gasteiger partial charge in [0.1, 0.15) is 19.3 Å².